The number of aromatic nitrogens is 2. The van der Waals surface area contributed by atoms with Gasteiger partial charge >= 0.3 is 6.18 Å². The van der Waals surface area contributed by atoms with Crippen molar-refractivity contribution in [3.63, 3.8) is 0 Å². The predicted octanol–water partition coefficient (Wildman–Crippen LogP) is 4.07. The van der Waals surface area contributed by atoms with Gasteiger partial charge in [0.2, 0.25) is 5.28 Å². The van der Waals surface area contributed by atoms with Crippen LogP contribution in [0.2, 0.25) is 5.28 Å². The first kappa shape index (κ1) is 14.6. The predicted molar refractivity (Wildman–Crippen MR) is 70.5 cm³/mol. The number of aryl methyl sites for hydroxylation is 1. The van der Waals surface area contributed by atoms with Gasteiger partial charge in [0.25, 0.3) is 0 Å². The molecule has 0 amide bonds. The van der Waals surface area contributed by atoms with Crippen molar-refractivity contribution in [1.82, 2.24) is 9.97 Å². The van der Waals surface area contributed by atoms with Gasteiger partial charge in [0, 0.05) is 18.3 Å². The molecule has 1 heterocycles. The van der Waals surface area contributed by atoms with E-state index < -0.39 is 11.7 Å². The summed E-state index contributed by atoms with van der Waals surface area (Å²) in [6.45, 7) is 2.00. The second-order valence-corrected chi connectivity index (χ2v) is 4.56. The molecule has 1 N–H and O–H groups in total. The summed E-state index contributed by atoms with van der Waals surface area (Å²) in [5.74, 6) is 0.502. The Morgan fingerprint density at radius 2 is 2.05 bits per heavy atom. The van der Waals surface area contributed by atoms with E-state index in [4.69, 9.17) is 11.6 Å². The SMILES string of the molecule is Cc1cnc(Cl)nc1NCc1cccc(C(F)(F)F)c1. The summed E-state index contributed by atoms with van der Waals surface area (Å²) in [7, 11) is 0. The topological polar surface area (TPSA) is 37.8 Å². The van der Waals surface area contributed by atoms with Crippen LogP contribution < -0.4 is 5.32 Å². The number of hydrogen-bond donors (Lipinski definition) is 1. The van der Waals surface area contributed by atoms with Crippen LogP contribution in [0.3, 0.4) is 0 Å². The van der Waals surface area contributed by atoms with E-state index in [1.54, 1.807) is 19.2 Å². The number of rotatable bonds is 3. The summed E-state index contributed by atoms with van der Waals surface area (Å²) in [6.07, 6.45) is -2.80. The first-order chi connectivity index (χ1) is 9.36. The molecule has 20 heavy (non-hydrogen) atoms. The maximum Gasteiger partial charge on any atom is 0.416 e. The van der Waals surface area contributed by atoms with Crippen LogP contribution in [-0.2, 0) is 12.7 Å². The highest BCUT2D eigenvalue weighted by Crippen LogP contribution is 2.29. The molecule has 0 radical (unpaired) electrons. The first-order valence-corrected chi connectivity index (χ1v) is 6.13. The maximum absolute atomic E-state index is 12.6. The van der Waals surface area contributed by atoms with E-state index in [0.29, 0.717) is 11.4 Å². The molecule has 3 nitrogen and oxygen atoms in total. The Morgan fingerprint density at radius 1 is 1.30 bits per heavy atom. The fourth-order valence-corrected chi connectivity index (χ4v) is 1.78. The van der Waals surface area contributed by atoms with Gasteiger partial charge in [0.05, 0.1) is 5.56 Å². The molecule has 0 fully saturated rings. The lowest BCUT2D eigenvalue weighted by molar-refractivity contribution is -0.137. The molecule has 0 aliphatic rings. The smallest absolute Gasteiger partial charge is 0.366 e. The second-order valence-electron chi connectivity index (χ2n) is 4.22. The van der Waals surface area contributed by atoms with Crippen LogP contribution in [0, 0.1) is 6.92 Å². The Balaban J connectivity index is 2.13. The van der Waals surface area contributed by atoms with Gasteiger partial charge in [0.15, 0.2) is 0 Å². The second kappa shape index (κ2) is 5.66. The molecule has 0 spiro atoms. The molecule has 0 saturated carbocycles. The van der Waals surface area contributed by atoms with Crippen molar-refractivity contribution in [1.29, 1.82) is 0 Å². The maximum atomic E-state index is 12.6. The minimum absolute atomic E-state index is 0.0853. The van der Waals surface area contributed by atoms with E-state index in [0.717, 1.165) is 17.7 Å². The fraction of sp³-hybridized carbons (Fsp3) is 0.231. The number of nitrogens with one attached hydrogen (secondary N) is 1. The van der Waals surface area contributed by atoms with Crippen molar-refractivity contribution in [3.8, 4) is 0 Å². The van der Waals surface area contributed by atoms with Gasteiger partial charge in [-0.3, -0.25) is 0 Å². The fourth-order valence-electron chi connectivity index (χ4n) is 1.64. The Hall–Kier alpha value is -1.82. The molecule has 7 heteroatoms. The summed E-state index contributed by atoms with van der Waals surface area (Å²) in [5, 5.41) is 3.03. The average molecular weight is 302 g/mol. The lowest BCUT2D eigenvalue weighted by Crippen LogP contribution is -2.08. The molecule has 0 atom stereocenters. The largest absolute Gasteiger partial charge is 0.416 e. The normalized spacial score (nSPS) is 11.4. The van der Waals surface area contributed by atoms with E-state index in [2.05, 4.69) is 15.3 Å². The van der Waals surface area contributed by atoms with Crippen molar-refractivity contribution in [2.75, 3.05) is 5.32 Å². The summed E-state index contributed by atoms with van der Waals surface area (Å²) in [4.78, 5) is 7.79. The summed E-state index contributed by atoms with van der Waals surface area (Å²) in [6, 6.07) is 5.13. The number of benzene rings is 1. The highest BCUT2D eigenvalue weighted by molar-refractivity contribution is 6.28. The van der Waals surface area contributed by atoms with E-state index in [-0.39, 0.29) is 11.8 Å². The summed E-state index contributed by atoms with van der Waals surface area (Å²) >= 11 is 5.67. The molecule has 2 aromatic rings. The molecule has 106 valence electrons. The standard InChI is InChI=1S/C13H11ClF3N3/c1-8-6-19-12(14)20-11(8)18-7-9-3-2-4-10(5-9)13(15,16)17/h2-6H,7H2,1H3,(H,18,19,20). The molecular formula is C13H11ClF3N3. The van der Waals surface area contributed by atoms with Crippen LogP contribution in [0.4, 0.5) is 19.0 Å². The van der Waals surface area contributed by atoms with Crippen LogP contribution in [0.1, 0.15) is 16.7 Å². The molecule has 0 aliphatic heterocycles. The number of hydrogen-bond acceptors (Lipinski definition) is 3. The minimum atomic E-state index is -4.34. The van der Waals surface area contributed by atoms with E-state index >= 15 is 0 Å². The molecule has 2 rings (SSSR count). The van der Waals surface area contributed by atoms with Gasteiger partial charge < -0.3 is 5.32 Å². The monoisotopic (exact) mass is 301 g/mol. The Kier molecular flexibility index (Phi) is 4.13. The van der Waals surface area contributed by atoms with Crippen LogP contribution in [0.5, 0.6) is 0 Å². The molecule has 0 saturated heterocycles. The van der Waals surface area contributed by atoms with E-state index in [9.17, 15) is 13.2 Å². The molecule has 0 unspecified atom stereocenters. The lowest BCUT2D eigenvalue weighted by atomic mass is 10.1. The third-order valence-electron chi connectivity index (χ3n) is 2.66. The number of nitrogens with zero attached hydrogens (tertiary/aromatic N) is 2. The summed E-state index contributed by atoms with van der Waals surface area (Å²) in [5.41, 5.74) is 0.601. The minimum Gasteiger partial charge on any atom is -0.366 e. The number of alkyl halides is 3. The lowest BCUT2D eigenvalue weighted by Gasteiger charge is -2.11. The zero-order valence-corrected chi connectivity index (χ0v) is 11.3. The Bertz CT molecular complexity index is 614. The average Bonchev–Trinajstić information content (AvgIpc) is 2.39. The van der Waals surface area contributed by atoms with Gasteiger partial charge in [-0.1, -0.05) is 12.1 Å². The first-order valence-electron chi connectivity index (χ1n) is 5.75. The molecule has 1 aromatic heterocycles. The molecule has 0 bridgehead atoms. The van der Waals surface area contributed by atoms with Crippen molar-refractivity contribution >= 4 is 17.4 Å². The Morgan fingerprint density at radius 3 is 2.75 bits per heavy atom. The molecular weight excluding hydrogens is 291 g/mol. The van der Waals surface area contributed by atoms with E-state index in [1.165, 1.54) is 6.07 Å². The quantitative estimate of drug-likeness (QED) is 0.868. The van der Waals surface area contributed by atoms with Crippen LogP contribution in [0.15, 0.2) is 30.5 Å². The van der Waals surface area contributed by atoms with Gasteiger partial charge in [-0.2, -0.15) is 13.2 Å². The zero-order valence-electron chi connectivity index (χ0n) is 10.5. The van der Waals surface area contributed by atoms with Crippen molar-refractivity contribution in [3.05, 3.63) is 52.4 Å². The highest BCUT2D eigenvalue weighted by atomic mass is 35.5. The zero-order chi connectivity index (χ0) is 14.8. The summed E-state index contributed by atoms with van der Waals surface area (Å²) < 4.78 is 37.8. The molecule has 1 aromatic carbocycles. The van der Waals surface area contributed by atoms with Crippen LogP contribution in [0.25, 0.3) is 0 Å². The van der Waals surface area contributed by atoms with Crippen molar-refractivity contribution in [2.45, 2.75) is 19.6 Å². The van der Waals surface area contributed by atoms with Gasteiger partial charge in [-0.15, -0.1) is 0 Å². The van der Waals surface area contributed by atoms with E-state index in [1.807, 2.05) is 0 Å². The van der Waals surface area contributed by atoms with Crippen LogP contribution in [-0.4, -0.2) is 9.97 Å². The number of anilines is 1. The number of halogens is 4. The highest BCUT2D eigenvalue weighted by Gasteiger charge is 2.30. The van der Waals surface area contributed by atoms with Gasteiger partial charge in [0.1, 0.15) is 5.82 Å². The molecule has 0 aliphatic carbocycles. The van der Waals surface area contributed by atoms with Crippen LogP contribution >= 0.6 is 11.6 Å². The Labute approximate surface area is 118 Å². The van der Waals surface area contributed by atoms with Crippen molar-refractivity contribution in [2.24, 2.45) is 0 Å². The van der Waals surface area contributed by atoms with Gasteiger partial charge in [-0.05, 0) is 36.2 Å². The third-order valence-corrected chi connectivity index (χ3v) is 2.84. The van der Waals surface area contributed by atoms with Gasteiger partial charge in [-0.25, -0.2) is 9.97 Å². The van der Waals surface area contributed by atoms with Crippen molar-refractivity contribution < 1.29 is 13.2 Å². The third kappa shape index (κ3) is 3.60.